The molecule has 1 saturated heterocycles. The third-order valence-corrected chi connectivity index (χ3v) is 5.55. The van der Waals surface area contributed by atoms with Crippen molar-refractivity contribution in [2.75, 3.05) is 47.5 Å². The van der Waals surface area contributed by atoms with Crippen molar-refractivity contribution in [2.24, 2.45) is 4.99 Å². The van der Waals surface area contributed by atoms with Gasteiger partial charge < -0.3 is 29.2 Å². The van der Waals surface area contributed by atoms with Crippen LogP contribution >= 0.6 is 0 Å². The van der Waals surface area contributed by atoms with Gasteiger partial charge in [0.1, 0.15) is 11.9 Å². The Morgan fingerprint density at radius 2 is 1.69 bits per heavy atom. The van der Waals surface area contributed by atoms with E-state index in [1.807, 2.05) is 42.5 Å². The minimum Gasteiger partial charge on any atom is -0.493 e. The van der Waals surface area contributed by atoms with Crippen LogP contribution in [0, 0.1) is 0 Å². The van der Waals surface area contributed by atoms with Gasteiger partial charge in [0.25, 0.3) is 0 Å². The molecule has 0 amide bonds. The van der Waals surface area contributed by atoms with Gasteiger partial charge in [-0.3, -0.25) is 4.99 Å². The maximum absolute atomic E-state index is 6.13. The van der Waals surface area contributed by atoms with Crippen LogP contribution in [0.2, 0.25) is 0 Å². The number of guanidine groups is 1. The summed E-state index contributed by atoms with van der Waals surface area (Å²) >= 11 is 0. The number of methoxy groups -OCH3 is 3. The standard InChI is InChI=1S/C25H35N3O4/c1-5-26-25(28-17-14-21(15-18-28)32-20-9-7-6-8-10-20)27-16-13-19-11-12-22(29-2)24(31-4)23(19)30-3/h6-12,21H,5,13-18H2,1-4H3,(H,26,27). The highest BCUT2D eigenvalue weighted by molar-refractivity contribution is 5.80. The van der Waals surface area contributed by atoms with E-state index in [0.29, 0.717) is 23.8 Å². The molecule has 1 N–H and O–H groups in total. The summed E-state index contributed by atoms with van der Waals surface area (Å²) in [4.78, 5) is 7.20. The van der Waals surface area contributed by atoms with Crippen LogP contribution in [0.15, 0.2) is 47.5 Å². The van der Waals surface area contributed by atoms with E-state index >= 15 is 0 Å². The summed E-state index contributed by atoms with van der Waals surface area (Å²) in [6.45, 7) is 5.41. The smallest absolute Gasteiger partial charge is 0.203 e. The van der Waals surface area contributed by atoms with Gasteiger partial charge in [-0.15, -0.1) is 0 Å². The van der Waals surface area contributed by atoms with Crippen molar-refractivity contribution in [3.05, 3.63) is 48.0 Å². The average molecular weight is 442 g/mol. The maximum Gasteiger partial charge on any atom is 0.203 e. The molecule has 1 fully saturated rings. The summed E-state index contributed by atoms with van der Waals surface area (Å²) in [5, 5.41) is 3.43. The van der Waals surface area contributed by atoms with Gasteiger partial charge in [0.2, 0.25) is 5.75 Å². The van der Waals surface area contributed by atoms with Gasteiger partial charge in [-0.1, -0.05) is 24.3 Å². The summed E-state index contributed by atoms with van der Waals surface area (Å²) in [5.41, 5.74) is 1.04. The number of nitrogens with one attached hydrogen (secondary N) is 1. The van der Waals surface area contributed by atoms with Gasteiger partial charge in [-0.2, -0.15) is 0 Å². The van der Waals surface area contributed by atoms with Gasteiger partial charge in [0, 0.05) is 44.6 Å². The minimum atomic E-state index is 0.243. The van der Waals surface area contributed by atoms with Crippen LogP contribution in [-0.4, -0.2) is 64.5 Å². The lowest BCUT2D eigenvalue weighted by Gasteiger charge is -2.34. The monoisotopic (exact) mass is 441 g/mol. The lowest BCUT2D eigenvalue weighted by molar-refractivity contribution is 0.129. The normalized spacial score (nSPS) is 14.8. The fourth-order valence-electron chi connectivity index (χ4n) is 3.95. The molecular weight excluding hydrogens is 406 g/mol. The Hall–Kier alpha value is -3.09. The fraction of sp³-hybridized carbons (Fsp3) is 0.480. The first-order valence-corrected chi connectivity index (χ1v) is 11.2. The highest BCUT2D eigenvalue weighted by Gasteiger charge is 2.23. The zero-order valence-corrected chi connectivity index (χ0v) is 19.6. The zero-order chi connectivity index (χ0) is 22.8. The molecule has 0 saturated carbocycles. The second-order valence-electron chi connectivity index (χ2n) is 7.60. The zero-order valence-electron chi connectivity index (χ0n) is 19.6. The van der Waals surface area contributed by atoms with Crippen molar-refractivity contribution in [3.8, 4) is 23.0 Å². The number of piperidine rings is 1. The second-order valence-corrected chi connectivity index (χ2v) is 7.60. The molecule has 0 bridgehead atoms. The van der Waals surface area contributed by atoms with E-state index in [1.165, 1.54) is 0 Å². The van der Waals surface area contributed by atoms with Crippen LogP contribution in [0.5, 0.6) is 23.0 Å². The first kappa shape index (κ1) is 23.6. The lowest BCUT2D eigenvalue weighted by atomic mass is 10.1. The third kappa shape index (κ3) is 5.99. The molecule has 0 aliphatic carbocycles. The summed E-state index contributed by atoms with van der Waals surface area (Å²) in [6.07, 6.45) is 2.94. The molecule has 2 aromatic rings. The van der Waals surface area contributed by atoms with Crippen molar-refractivity contribution in [2.45, 2.75) is 32.3 Å². The van der Waals surface area contributed by atoms with E-state index in [2.05, 4.69) is 17.1 Å². The highest BCUT2D eigenvalue weighted by Crippen LogP contribution is 2.39. The predicted octanol–water partition coefficient (Wildman–Crippen LogP) is 3.76. The summed E-state index contributed by atoms with van der Waals surface area (Å²) in [7, 11) is 4.89. The van der Waals surface area contributed by atoms with Crippen LogP contribution < -0.4 is 24.3 Å². The number of rotatable bonds is 9. The second kappa shape index (κ2) is 12.1. The van der Waals surface area contributed by atoms with Crippen molar-refractivity contribution in [3.63, 3.8) is 0 Å². The van der Waals surface area contributed by atoms with E-state index in [1.54, 1.807) is 21.3 Å². The van der Waals surface area contributed by atoms with Crippen LogP contribution in [-0.2, 0) is 6.42 Å². The number of benzene rings is 2. The molecule has 0 spiro atoms. The largest absolute Gasteiger partial charge is 0.493 e. The summed E-state index contributed by atoms with van der Waals surface area (Å²) in [5.74, 6) is 3.86. The molecule has 7 nitrogen and oxygen atoms in total. The molecule has 0 unspecified atom stereocenters. The van der Waals surface area contributed by atoms with Gasteiger partial charge in [-0.25, -0.2) is 0 Å². The molecule has 0 radical (unpaired) electrons. The van der Waals surface area contributed by atoms with E-state index < -0.39 is 0 Å². The molecule has 1 aliphatic heterocycles. The molecule has 174 valence electrons. The van der Waals surface area contributed by atoms with Crippen LogP contribution in [0.25, 0.3) is 0 Å². The maximum atomic E-state index is 6.13. The SMILES string of the molecule is CCNC(=NCCc1ccc(OC)c(OC)c1OC)N1CCC(Oc2ccccc2)CC1. The molecule has 1 aliphatic rings. The Morgan fingerprint density at radius 1 is 0.969 bits per heavy atom. The summed E-state index contributed by atoms with van der Waals surface area (Å²) < 4.78 is 22.6. The number of hydrogen-bond acceptors (Lipinski definition) is 5. The summed E-state index contributed by atoms with van der Waals surface area (Å²) in [6, 6.07) is 14.0. The first-order chi connectivity index (χ1) is 15.7. The topological polar surface area (TPSA) is 64.6 Å². The Kier molecular flexibility index (Phi) is 8.90. The van der Waals surface area contributed by atoms with Crippen molar-refractivity contribution >= 4 is 5.96 Å². The minimum absolute atomic E-state index is 0.243. The van der Waals surface area contributed by atoms with E-state index in [0.717, 1.165) is 56.2 Å². The van der Waals surface area contributed by atoms with Gasteiger partial charge in [-0.05, 0) is 31.5 Å². The van der Waals surface area contributed by atoms with Crippen LogP contribution in [0.3, 0.4) is 0 Å². The van der Waals surface area contributed by atoms with E-state index in [4.69, 9.17) is 23.9 Å². The van der Waals surface area contributed by atoms with Crippen molar-refractivity contribution in [1.29, 1.82) is 0 Å². The third-order valence-electron chi connectivity index (χ3n) is 5.55. The number of nitrogens with zero attached hydrogens (tertiary/aromatic N) is 2. The van der Waals surface area contributed by atoms with E-state index in [9.17, 15) is 0 Å². The van der Waals surface area contributed by atoms with Crippen molar-refractivity contribution < 1.29 is 18.9 Å². The first-order valence-electron chi connectivity index (χ1n) is 11.2. The van der Waals surface area contributed by atoms with Crippen LogP contribution in [0.1, 0.15) is 25.3 Å². The molecule has 0 aromatic heterocycles. The average Bonchev–Trinajstić information content (AvgIpc) is 2.84. The number of para-hydroxylation sites is 1. The lowest BCUT2D eigenvalue weighted by Crippen LogP contribution is -2.47. The fourth-order valence-corrected chi connectivity index (χ4v) is 3.95. The van der Waals surface area contributed by atoms with Crippen molar-refractivity contribution in [1.82, 2.24) is 10.2 Å². The number of ether oxygens (including phenoxy) is 4. The van der Waals surface area contributed by atoms with Gasteiger partial charge >= 0.3 is 0 Å². The Balaban J connectivity index is 1.60. The van der Waals surface area contributed by atoms with Crippen LogP contribution in [0.4, 0.5) is 0 Å². The molecule has 7 heteroatoms. The van der Waals surface area contributed by atoms with Gasteiger partial charge in [0.15, 0.2) is 17.5 Å². The Morgan fingerprint density at radius 3 is 2.31 bits per heavy atom. The Bertz CT molecular complexity index is 865. The number of aliphatic imine (C=N–C) groups is 1. The molecular formula is C25H35N3O4. The predicted molar refractivity (Wildman–Crippen MR) is 127 cm³/mol. The van der Waals surface area contributed by atoms with E-state index in [-0.39, 0.29) is 6.10 Å². The molecule has 32 heavy (non-hydrogen) atoms. The number of likely N-dealkylation sites (tertiary alicyclic amines) is 1. The molecule has 1 heterocycles. The number of hydrogen-bond donors (Lipinski definition) is 1. The Labute approximate surface area is 191 Å². The molecule has 3 rings (SSSR count). The quantitative estimate of drug-likeness (QED) is 0.472. The highest BCUT2D eigenvalue weighted by atomic mass is 16.5. The molecule has 0 atom stereocenters. The molecule has 2 aromatic carbocycles. The van der Waals surface area contributed by atoms with Gasteiger partial charge in [0.05, 0.1) is 21.3 Å².